The third-order valence-corrected chi connectivity index (χ3v) is 3.57. The van der Waals surface area contributed by atoms with Crippen LogP contribution in [0.3, 0.4) is 0 Å². The van der Waals surface area contributed by atoms with Crippen molar-refractivity contribution in [3.63, 3.8) is 0 Å². The van der Waals surface area contributed by atoms with Gasteiger partial charge in [-0.2, -0.15) is 5.10 Å². The zero-order chi connectivity index (χ0) is 12.4. The minimum absolute atomic E-state index is 0.413. The lowest BCUT2D eigenvalue weighted by molar-refractivity contribution is 0.711. The van der Waals surface area contributed by atoms with Crippen LogP contribution in [-0.4, -0.2) is 16.7 Å². The van der Waals surface area contributed by atoms with E-state index < -0.39 is 0 Å². The largest absolute Gasteiger partial charge is 0.350 e. The van der Waals surface area contributed by atoms with Crippen molar-refractivity contribution in [2.24, 2.45) is 0 Å². The summed E-state index contributed by atoms with van der Waals surface area (Å²) in [7, 11) is 0. The number of anilines is 1. The Morgan fingerprint density at radius 2 is 1.89 bits per heavy atom. The molecular weight excluding hydrogens is 246 g/mol. The molecule has 0 saturated heterocycles. The molecule has 0 unspecified atom stereocenters. The zero-order valence-corrected chi connectivity index (χ0v) is 10.8. The van der Waals surface area contributed by atoms with E-state index in [4.69, 9.17) is 11.6 Å². The molecule has 92 valence electrons. The highest BCUT2D eigenvalue weighted by atomic mass is 35.5. The summed E-state index contributed by atoms with van der Waals surface area (Å²) in [5, 5.41) is 8.34. The van der Waals surface area contributed by atoms with Gasteiger partial charge in [-0.05, 0) is 29.7 Å². The van der Waals surface area contributed by atoms with E-state index in [-0.39, 0.29) is 0 Å². The van der Waals surface area contributed by atoms with E-state index in [9.17, 15) is 0 Å². The van der Waals surface area contributed by atoms with Crippen molar-refractivity contribution in [2.75, 3.05) is 11.4 Å². The molecule has 3 nitrogen and oxygen atoms in total. The van der Waals surface area contributed by atoms with Gasteiger partial charge >= 0.3 is 0 Å². The summed E-state index contributed by atoms with van der Waals surface area (Å²) in [5.41, 5.74) is 3.64. The fourth-order valence-corrected chi connectivity index (χ4v) is 2.43. The van der Waals surface area contributed by atoms with Gasteiger partial charge in [-0.15, -0.1) is 16.7 Å². The first kappa shape index (κ1) is 11.5. The van der Waals surface area contributed by atoms with Crippen molar-refractivity contribution in [2.45, 2.75) is 18.8 Å². The van der Waals surface area contributed by atoms with Gasteiger partial charge in [-0.3, -0.25) is 0 Å². The molecule has 1 aliphatic rings. The average molecular weight is 260 g/mol. The van der Waals surface area contributed by atoms with Crippen LogP contribution in [0.25, 0.3) is 0 Å². The predicted octanol–water partition coefficient (Wildman–Crippen LogP) is 2.78. The number of halogens is 1. The minimum atomic E-state index is 0.413. The summed E-state index contributed by atoms with van der Waals surface area (Å²) >= 11 is 5.72. The molecule has 0 aliphatic carbocycles. The third-order valence-electron chi connectivity index (χ3n) is 3.30. The topological polar surface area (TPSA) is 29.0 Å². The van der Waals surface area contributed by atoms with E-state index in [1.54, 1.807) is 0 Å². The quantitative estimate of drug-likeness (QED) is 0.777. The summed E-state index contributed by atoms with van der Waals surface area (Å²) < 4.78 is 0. The molecule has 0 fully saturated rings. The maximum atomic E-state index is 5.72. The van der Waals surface area contributed by atoms with Crippen molar-refractivity contribution in [3.05, 3.63) is 53.2 Å². The first-order valence-corrected chi connectivity index (χ1v) is 6.60. The molecule has 2 heterocycles. The third kappa shape index (κ3) is 2.18. The Hall–Kier alpha value is -1.61. The molecular formula is C14H14ClN3. The van der Waals surface area contributed by atoms with E-state index in [0.29, 0.717) is 5.88 Å². The van der Waals surface area contributed by atoms with Crippen molar-refractivity contribution in [1.82, 2.24) is 10.2 Å². The van der Waals surface area contributed by atoms with Crippen LogP contribution in [0, 0.1) is 0 Å². The number of hydrogen-bond acceptors (Lipinski definition) is 3. The van der Waals surface area contributed by atoms with Crippen LogP contribution in [0.2, 0.25) is 0 Å². The molecule has 3 rings (SSSR count). The van der Waals surface area contributed by atoms with Gasteiger partial charge in [0.15, 0.2) is 5.82 Å². The van der Waals surface area contributed by atoms with Crippen LogP contribution < -0.4 is 4.90 Å². The van der Waals surface area contributed by atoms with Crippen LogP contribution in [0.1, 0.15) is 16.8 Å². The second-order valence-electron chi connectivity index (χ2n) is 4.46. The van der Waals surface area contributed by atoms with Gasteiger partial charge in [0, 0.05) is 13.1 Å². The fourth-order valence-electron chi connectivity index (χ4n) is 2.28. The van der Waals surface area contributed by atoms with E-state index >= 15 is 0 Å². The van der Waals surface area contributed by atoms with Crippen LogP contribution in [0.5, 0.6) is 0 Å². The molecule has 0 spiro atoms. The van der Waals surface area contributed by atoms with Crippen molar-refractivity contribution < 1.29 is 0 Å². The lowest BCUT2D eigenvalue weighted by atomic mass is 10.00. The Kier molecular flexibility index (Phi) is 3.15. The van der Waals surface area contributed by atoms with Gasteiger partial charge < -0.3 is 4.90 Å². The summed E-state index contributed by atoms with van der Waals surface area (Å²) in [5.74, 6) is 1.34. The molecule has 4 heteroatoms. The fraction of sp³-hybridized carbons (Fsp3) is 0.286. The van der Waals surface area contributed by atoms with Crippen molar-refractivity contribution in [3.8, 4) is 0 Å². The predicted molar refractivity (Wildman–Crippen MR) is 72.8 cm³/mol. The smallest absolute Gasteiger partial charge is 0.151 e. The van der Waals surface area contributed by atoms with Crippen LogP contribution in [-0.2, 0) is 18.8 Å². The number of aromatic nitrogens is 2. The second kappa shape index (κ2) is 4.94. The first-order chi connectivity index (χ1) is 8.86. The Morgan fingerprint density at radius 1 is 1.06 bits per heavy atom. The van der Waals surface area contributed by atoms with Gasteiger partial charge in [0.05, 0.1) is 11.6 Å². The molecule has 1 aromatic carbocycles. The molecule has 0 bridgehead atoms. The van der Waals surface area contributed by atoms with Gasteiger partial charge in [-0.25, -0.2) is 0 Å². The average Bonchev–Trinajstić information content (AvgIpc) is 2.47. The Morgan fingerprint density at radius 3 is 2.61 bits per heavy atom. The molecule has 0 radical (unpaired) electrons. The summed E-state index contributed by atoms with van der Waals surface area (Å²) in [6.07, 6.45) is 1.06. The van der Waals surface area contributed by atoms with E-state index in [1.165, 1.54) is 11.1 Å². The molecule has 0 N–H and O–H groups in total. The van der Waals surface area contributed by atoms with E-state index in [2.05, 4.69) is 39.4 Å². The lowest BCUT2D eigenvalue weighted by Crippen LogP contribution is -2.31. The SMILES string of the molecule is ClCc1ccc(N2CCc3ccccc3C2)nn1. The summed E-state index contributed by atoms with van der Waals surface area (Å²) in [6, 6.07) is 12.5. The Labute approximate surface area is 111 Å². The Balaban J connectivity index is 1.82. The van der Waals surface area contributed by atoms with Crippen LogP contribution >= 0.6 is 11.6 Å². The molecule has 0 atom stereocenters. The molecule has 0 amide bonds. The maximum absolute atomic E-state index is 5.72. The van der Waals surface area contributed by atoms with E-state index in [1.807, 2.05) is 12.1 Å². The number of benzene rings is 1. The first-order valence-electron chi connectivity index (χ1n) is 6.07. The van der Waals surface area contributed by atoms with Crippen molar-refractivity contribution in [1.29, 1.82) is 0 Å². The zero-order valence-electron chi connectivity index (χ0n) is 10.0. The molecule has 1 aliphatic heterocycles. The summed E-state index contributed by atoms with van der Waals surface area (Å²) in [6.45, 7) is 1.90. The van der Waals surface area contributed by atoms with Gasteiger partial charge in [0.2, 0.25) is 0 Å². The Bertz CT molecular complexity index is 539. The maximum Gasteiger partial charge on any atom is 0.151 e. The molecule has 1 aromatic heterocycles. The van der Waals surface area contributed by atoms with Crippen LogP contribution in [0.15, 0.2) is 36.4 Å². The summed E-state index contributed by atoms with van der Waals surface area (Å²) in [4.78, 5) is 2.26. The standard InChI is InChI=1S/C14H14ClN3/c15-9-13-5-6-14(17-16-13)18-8-7-11-3-1-2-4-12(11)10-18/h1-6H,7-10H2. The number of nitrogens with zero attached hydrogens (tertiary/aromatic N) is 3. The lowest BCUT2D eigenvalue weighted by Gasteiger charge is -2.29. The normalized spacial score (nSPS) is 14.4. The number of hydrogen-bond donors (Lipinski definition) is 0. The molecule has 0 saturated carbocycles. The highest BCUT2D eigenvalue weighted by molar-refractivity contribution is 6.16. The van der Waals surface area contributed by atoms with E-state index in [0.717, 1.165) is 31.0 Å². The molecule has 2 aromatic rings. The minimum Gasteiger partial charge on any atom is -0.350 e. The highest BCUT2D eigenvalue weighted by Crippen LogP contribution is 2.22. The number of rotatable bonds is 2. The van der Waals surface area contributed by atoms with Gasteiger partial charge in [0.25, 0.3) is 0 Å². The highest BCUT2D eigenvalue weighted by Gasteiger charge is 2.16. The van der Waals surface area contributed by atoms with Gasteiger partial charge in [0.1, 0.15) is 0 Å². The van der Waals surface area contributed by atoms with Crippen LogP contribution in [0.4, 0.5) is 5.82 Å². The number of alkyl halides is 1. The van der Waals surface area contributed by atoms with Crippen molar-refractivity contribution >= 4 is 17.4 Å². The number of fused-ring (bicyclic) bond motifs is 1. The monoisotopic (exact) mass is 259 g/mol. The molecule has 18 heavy (non-hydrogen) atoms. The van der Waals surface area contributed by atoms with Gasteiger partial charge in [-0.1, -0.05) is 24.3 Å². The second-order valence-corrected chi connectivity index (χ2v) is 4.72.